The van der Waals surface area contributed by atoms with E-state index in [0.29, 0.717) is 0 Å². The van der Waals surface area contributed by atoms with Crippen LogP contribution in [0.4, 0.5) is 5.69 Å². The molecule has 2 aromatic heterocycles. The summed E-state index contributed by atoms with van der Waals surface area (Å²) in [6.07, 6.45) is 3.88. The van der Waals surface area contributed by atoms with E-state index in [-0.39, 0.29) is 6.04 Å². The van der Waals surface area contributed by atoms with Gasteiger partial charge in [0.05, 0.1) is 22.8 Å². The number of nitrogens with zero attached hydrogens (tertiary/aromatic N) is 2. The van der Waals surface area contributed by atoms with E-state index in [1.54, 1.807) is 11.3 Å². The van der Waals surface area contributed by atoms with Gasteiger partial charge in [-0.15, -0.1) is 11.3 Å². The largest absolute Gasteiger partial charge is 0.376 e. The van der Waals surface area contributed by atoms with Crippen molar-refractivity contribution in [1.82, 2.24) is 9.78 Å². The van der Waals surface area contributed by atoms with E-state index >= 15 is 0 Å². The molecule has 0 amide bonds. The van der Waals surface area contributed by atoms with Gasteiger partial charge in [0.2, 0.25) is 0 Å². The Morgan fingerprint density at radius 3 is 2.86 bits per heavy atom. The van der Waals surface area contributed by atoms with E-state index in [4.69, 9.17) is 11.6 Å². The molecular weight excluding hydrogens is 302 g/mol. The van der Waals surface area contributed by atoms with E-state index in [0.717, 1.165) is 16.6 Å². The number of rotatable bonds is 5. The van der Waals surface area contributed by atoms with Crippen molar-refractivity contribution in [2.75, 3.05) is 5.32 Å². The normalized spacial score (nSPS) is 12.3. The summed E-state index contributed by atoms with van der Waals surface area (Å²) in [5, 5.41) is 9.91. The number of thiophene rings is 1. The van der Waals surface area contributed by atoms with Gasteiger partial charge < -0.3 is 5.32 Å². The van der Waals surface area contributed by atoms with Gasteiger partial charge in [0.25, 0.3) is 0 Å². The molecule has 5 heteroatoms. The average molecular weight is 318 g/mol. The SMILES string of the molecule is CC(Nc1cnn(Cc2ccccc2)c1)c1csc(Cl)c1. The topological polar surface area (TPSA) is 29.9 Å². The van der Waals surface area contributed by atoms with Gasteiger partial charge >= 0.3 is 0 Å². The number of hydrogen-bond donors (Lipinski definition) is 1. The van der Waals surface area contributed by atoms with Crippen molar-refractivity contribution in [3.63, 3.8) is 0 Å². The van der Waals surface area contributed by atoms with Crippen LogP contribution in [0.15, 0.2) is 54.2 Å². The van der Waals surface area contributed by atoms with Crippen LogP contribution in [0.5, 0.6) is 0 Å². The highest BCUT2D eigenvalue weighted by Crippen LogP contribution is 2.26. The van der Waals surface area contributed by atoms with Gasteiger partial charge in [-0.05, 0) is 29.5 Å². The zero-order valence-electron chi connectivity index (χ0n) is 11.7. The van der Waals surface area contributed by atoms with Gasteiger partial charge in [-0.25, -0.2) is 0 Å². The highest BCUT2D eigenvalue weighted by molar-refractivity contribution is 7.14. The van der Waals surface area contributed by atoms with Crippen LogP contribution in [0.3, 0.4) is 0 Å². The van der Waals surface area contributed by atoms with E-state index in [9.17, 15) is 0 Å². The Balaban J connectivity index is 1.65. The number of nitrogens with one attached hydrogen (secondary N) is 1. The standard InChI is InChI=1S/C16H16ClN3S/c1-12(14-7-16(17)21-11-14)19-15-8-18-20(10-15)9-13-5-3-2-4-6-13/h2-8,10-12,19H,9H2,1H3. The fraction of sp³-hybridized carbons (Fsp3) is 0.188. The molecule has 3 nitrogen and oxygen atoms in total. The Labute approximate surface area is 133 Å². The molecule has 1 aromatic carbocycles. The summed E-state index contributed by atoms with van der Waals surface area (Å²) < 4.78 is 2.75. The third-order valence-electron chi connectivity index (χ3n) is 3.29. The Kier molecular flexibility index (Phi) is 4.27. The average Bonchev–Trinajstić information content (AvgIpc) is 3.09. The molecule has 0 spiro atoms. The Hall–Kier alpha value is -1.78. The van der Waals surface area contributed by atoms with Crippen LogP contribution in [-0.4, -0.2) is 9.78 Å². The summed E-state index contributed by atoms with van der Waals surface area (Å²) in [5.74, 6) is 0. The molecule has 3 aromatic rings. The van der Waals surface area contributed by atoms with Crippen molar-refractivity contribution in [2.24, 2.45) is 0 Å². The van der Waals surface area contributed by atoms with Crippen LogP contribution in [0.1, 0.15) is 24.1 Å². The van der Waals surface area contributed by atoms with E-state index in [2.05, 4.69) is 34.9 Å². The number of halogens is 1. The smallest absolute Gasteiger partial charge is 0.0931 e. The van der Waals surface area contributed by atoms with E-state index in [1.807, 2.05) is 41.3 Å². The molecular formula is C16H16ClN3S. The summed E-state index contributed by atoms with van der Waals surface area (Å²) in [5.41, 5.74) is 3.45. The first-order chi connectivity index (χ1) is 10.2. The van der Waals surface area contributed by atoms with Gasteiger partial charge in [0.1, 0.15) is 0 Å². The van der Waals surface area contributed by atoms with Crippen LogP contribution in [0.2, 0.25) is 4.34 Å². The van der Waals surface area contributed by atoms with Crippen LogP contribution in [-0.2, 0) is 6.54 Å². The van der Waals surface area contributed by atoms with Gasteiger partial charge in [-0.2, -0.15) is 5.10 Å². The molecule has 3 rings (SSSR count). The first-order valence-electron chi connectivity index (χ1n) is 6.77. The predicted molar refractivity (Wildman–Crippen MR) is 89.1 cm³/mol. The highest BCUT2D eigenvalue weighted by atomic mass is 35.5. The molecule has 1 unspecified atom stereocenters. The summed E-state index contributed by atoms with van der Waals surface area (Å²) in [6, 6.07) is 12.5. The van der Waals surface area contributed by atoms with Crippen LogP contribution in [0.25, 0.3) is 0 Å². The zero-order chi connectivity index (χ0) is 14.7. The first kappa shape index (κ1) is 14.2. The number of aromatic nitrogens is 2. The Morgan fingerprint density at radius 1 is 1.33 bits per heavy atom. The fourth-order valence-corrected chi connectivity index (χ4v) is 3.16. The van der Waals surface area contributed by atoms with Crippen LogP contribution in [0, 0.1) is 0 Å². The second-order valence-electron chi connectivity index (χ2n) is 4.96. The maximum absolute atomic E-state index is 5.98. The summed E-state index contributed by atoms with van der Waals surface area (Å²) in [7, 11) is 0. The highest BCUT2D eigenvalue weighted by Gasteiger charge is 2.09. The lowest BCUT2D eigenvalue weighted by atomic mass is 10.2. The number of benzene rings is 1. The summed E-state index contributed by atoms with van der Waals surface area (Å²) >= 11 is 7.53. The maximum Gasteiger partial charge on any atom is 0.0931 e. The molecule has 1 N–H and O–H groups in total. The number of hydrogen-bond acceptors (Lipinski definition) is 3. The van der Waals surface area contributed by atoms with Crippen LogP contribution < -0.4 is 5.32 Å². The molecule has 0 aliphatic heterocycles. The predicted octanol–water partition coefficient (Wildman–Crippen LogP) is 4.82. The van der Waals surface area contributed by atoms with Crippen molar-refractivity contribution in [1.29, 1.82) is 0 Å². The Bertz CT molecular complexity index is 705. The van der Waals surface area contributed by atoms with Crippen molar-refractivity contribution in [3.05, 3.63) is 69.6 Å². The van der Waals surface area contributed by atoms with Crippen molar-refractivity contribution in [3.8, 4) is 0 Å². The lowest BCUT2D eigenvalue weighted by molar-refractivity contribution is 0.687. The third kappa shape index (κ3) is 3.65. The molecule has 0 saturated carbocycles. The van der Waals surface area contributed by atoms with Gasteiger partial charge in [-0.1, -0.05) is 41.9 Å². The zero-order valence-corrected chi connectivity index (χ0v) is 13.2. The van der Waals surface area contributed by atoms with Crippen molar-refractivity contribution in [2.45, 2.75) is 19.5 Å². The monoisotopic (exact) mass is 317 g/mol. The molecule has 0 saturated heterocycles. The molecule has 0 aliphatic carbocycles. The molecule has 0 radical (unpaired) electrons. The fourth-order valence-electron chi connectivity index (χ4n) is 2.18. The van der Waals surface area contributed by atoms with E-state index in [1.165, 1.54) is 11.1 Å². The van der Waals surface area contributed by atoms with Crippen LogP contribution >= 0.6 is 22.9 Å². The lowest BCUT2D eigenvalue weighted by Crippen LogP contribution is -2.05. The minimum absolute atomic E-state index is 0.211. The third-order valence-corrected chi connectivity index (χ3v) is 4.40. The summed E-state index contributed by atoms with van der Waals surface area (Å²) in [4.78, 5) is 0. The molecule has 0 fully saturated rings. The quantitative estimate of drug-likeness (QED) is 0.731. The first-order valence-corrected chi connectivity index (χ1v) is 8.03. The molecule has 0 bridgehead atoms. The molecule has 21 heavy (non-hydrogen) atoms. The minimum atomic E-state index is 0.211. The van der Waals surface area contributed by atoms with Gasteiger partial charge in [-0.3, -0.25) is 4.68 Å². The van der Waals surface area contributed by atoms with E-state index < -0.39 is 0 Å². The second kappa shape index (κ2) is 6.33. The second-order valence-corrected chi connectivity index (χ2v) is 6.50. The maximum atomic E-state index is 5.98. The molecule has 2 heterocycles. The lowest BCUT2D eigenvalue weighted by Gasteiger charge is -2.11. The molecule has 0 aliphatic rings. The minimum Gasteiger partial charge on any atom is -0.376 e. The Morgan fingerprint density at radius 2 is 2.14 bits per heavy atom. The van der Waals surface area contributed by atoms with Crippen molar-refractivity contribution >= 4 is 28.6 Å². The number of anilines is 1. The van der Waals surface area contributed by atoms with Gasteiger partial charge in [0, 0.05) is 12.2 Å². The molecule has 108 valence electrons. The summed E-state index contributed by atoms with van der Waals surface area (Å²) in [6.45, 7) is 2.90. The molecule has 1 atom stereocenters. The van der Waals surface area contributed by atoms with Gasteiger partial charge in [0.15, 0.2) is 0 Å². The van der Waals surface area contributed by atoms with Crippen molar-refractivity contribution < 1.29 is 0 Å².